The Bertz CT molecular complexity index is 307. The first-order chi connectivity index (χ1) is 8.38. The van der Waals surface area contributed by atoms with E-state index in [1.807, 2.05) is 0 Å². The lowest BCUT2D eigenvalue weighted by molar-refractivity contribution is -0.143. The molecule has 0 radical (unpaired) electrons. The van der Waals surface area contributed by atoms with Crippen molar-refractivity contribution in [2.24, 2.45) is 5.73 Å². The molecule has 0 aliphatic heterocycles. The zero-order valence-electron chi connectivity index (χ0n) is 10.1. The van der Waals surface area contributed by atoms with Crippen molar-refractivity contribution in [1.29, 1.82) is 0 Å². The first-order valence-electron chi connectivity index (χ1n) is 5.38. The summed E-state index contributed by atoms with van der Waals surface area (Å²) < 4.78 is 4.74. The number of nitrogens with one attached hydrogen (secondary N) is 1. The van der Waals surface area contributed by atoms with Crippen LogP contribution in [-0.4, -0.2) is 53.9 Å². The summed E-state index contributed by atoms with van der Waals surface area (Å²) in [6.07, 6.45) is -0.272. The predicted octanol–water partition coefficient (Wildman–Crippen LogP) is -1.22. The Morgan fingerprint density at radius 2 is 1.89 bits per heavy atom. The number of rotatable bonds is 9. The highest BCUT2D eigenvalue weighted by Crippen LogP contribution is 1.99. The minimum absolute atomic E-state index is 0.187. The first kappa shape index (κ1) is 16.3. The van der Waals surface area contributed by atoms with Crippen molar-refractivity contribution < 1.29 is 29.3 Å². The van der Waals surface area contributed by atoms with E-state index in [1.165, 1.54) is 7.11 Å². The van der Waals surface area contributed by atoms with E-state index >= 15 is 0 Å². The van der Waals surface area contributed by atoms with Crippen LogP contribution in [-0.2, 0) is 19.1 Å². The van der Waals surface area contributed by atoms with Crippen LogP contribution in [0.3, 0.4) is 0 Å². The van der Waals surface area contributed by atoms with Crippen LogP contribution in [0.4, 0.5) is 0 Å². The molecule has 2 unspecified atom stereocenters. The molecule has 0 saturated carbocycles. The van der Waals surface area contributed by atoms with Crippen LogP contribution in [0.25, 0.3) is 0 Å². The Morgan fingerprint density at radius 3 is 2.33 bits per heavy atom. The number of amides is 1. The molecule has 8 nitrogen and oxygen atoms in total. The molecule has 0 aromatic rings. The van der Waals surface area contributed by atoms with Crippen molar-refractivity contribution in [3.63, 3.8) is 0 Å². The molecule has 0 heterocycles. The molecule has 1 amide bonds. The van der Waals surface area contributed by atoms with Gasteiger partial charge in [0.15, 0.2) is 0 Å². The first-order valence-corrected chi connectivity index (χ1v) is 5.38. The molecule has 104 valence electrons. The fourth-order valence-corrected chi connectivity index (χ4v) is 1.18. The smallest absolute Gasteiger partial charge is 0.326 e. The molecule has 18 heavy (non-hydrogen) atoms. The van der Waals surface area contributed by atoms with E-state index in [0.717, 1.165) is 0 Å². The molecule has 0 bridgehead atoms. The van der Waals surface area contributed by atoms with Crippen LogP contribution in [0.5, 0.6) is 0 Å². The second-order valence-corrected chi connectivity index (χ2v) is 3.72. The topological polar surface area (TPSA) is 139 Å². The van der Waals surface area contributed by atoms with E-state index in [1.54, 1.807) is 0 Å². The molecule has 2 atom stereocenters. The van der Waals surface area contributed by atoms with Gasteiger partial charge in [-0.2, -0.15) is 0 Å². The van der Waals surface area contributed by atoms with Crippen molar-refractivity contribution in [3.8, 4) is 0 Å². The summed E-state index contributed by atoms with van der Waals surface area (Å²) in [5.41, 5.74) is 5.51. The fraction of sp³-hybridized carbons (Fsp3) is 0.700. The molecule has 5 N–H and O–H groups in total. The average Bonchev–Trinajstić information content (AvgIpc) is 2.30. The van der Waals surface area contributed by atoms with Gasteiger partial charge in [-0.05, 0) is 12.8 Å². The lowest BCUT2D eigenvalue weighted by Crippen LogP contribution is -2.48. The molecule has 0 aromatic heterocycles. The minimum atomic E-state index is -1.29. The summed E-state index contributed by atoms with van der Waals surface area (Å²) in [7, 11) is 1.46. The van der Waals surface area contributed by atoms with Crippen molar-refractivity contribution in [2.45, 2.75) is 31.3 Å². The molecule has 0 aliphatic carbocycles. The van der Waals surface area contributed by atoms with Crippen molar-refractivity contribution in [2.75, 3.05) is 13.7 Å². The number of carboxylic acids is 2. The standard InChI is InChI=1S/C10H18N2O6/c1-18-5-4-6(11)9(15)12-7(10(16)17)2-3-8(13)14/h6-7H,2-5,11H2,1H3,(H,12,15)(H,13,14)(H,16,17). The zero-order valence-corrected chi connectivity index (χ0v) is 10.1. The van der Waals surface area contributed by atoms with E-state index in [-0.39, 0.29) is 25.9 Å². The number of carbonyl (C=O) groups excluding carboxylic acids is 1. The SMILES string of the molecule is COCCC(N)C(=O)NC(CCC(=O)O)C(=O)O. The average molecular weight is 262 g/mol. The lowest BCUT2D eigenvalue weighted by atomic mass is 10.1. The molecule has 0 aromatic carbocycles. The molecular formula is C10H18N2O6. The van der Waals surface area contributed by atoms with E-state index in [4.69, 9.17) is 20.7 Å². The van der Waals surface area contributed by atoms with Gasteiger partial charge in [0.2, 0.25) is 5.91 Å². The zero-order chi connectivity index (χ0) is 14.1. The van der Waals surface area contributed by atoms with Gasteiger partial charge >= 0.3 is 11.9 Å². The normalized spacial score (nSPS) is 13.7. The van der Waals surface area contributed by atoms with Gasteiger partial charge in [0.25, 0.3) is 0 Å². The predicted molar refractivity (Wildman–Crippen MR) is 60.9 cm³/mol. The van der Waals surface area contributed by atoms with Crippen LogP contribution in [0.15, 0.2) is 0 Å². The summed E-state index contributed by atoms with van der Waals surface area (Å²) in [6.45, 7) is 0.279. The third-order valence-corrected chi connectivity index (χ3v) is 2.23. The molecule has 0 aliphatic rings. The van der Waals surface area contributed by atoms with Gasteiger partial charge in [-0.25, -0.2) is 4.79 Å². The maximum absolute atomic E-state index is 11.5. The van der Waals surface area contributed by atoms with Crippen molar-refractivity contribution in [3.05, 3.63) is 0 Å². The van der Waals surface area contributed by atoms with E-state index < -0.39 is 29.9 Å². The van der Waals surface area contributed by atoms with Gasteiger partial charge < -0.3 is 26.0 Å². The number of ether oxygens (including phenoxy) is 1. The fourth-order valence-electron chi connectivity index (χ4n) is 1.18. The van der Waals surface area contributed by atoms with E-state index in [2.05, 4.69) is 5.32 Å². The summed E-state index contributed by atoms with van der Waals surface area (Å²) >= 11 is 0. The lowest BCUT2D eigenvalue weighted by Gasteiger charge is -2.17. The van der Waals surface area contributed by atoms with Crippen LogP contribution >= 0.6 is 0 Å². The molecule has 8 heteroatoms. The van der Waals surface area contributed by atoms with E-state index in [9.17, 15) is 14.4 Å². The van der Waals surface area contributed by atoms with Gasteiger partial charge in [0.05, 0.1) is 6.04 Å². The second-order valence-electron chi connectivity index (χ2n) is 3.72. The van der Waals surface area contributed by atoms with Crippen LogP contribution < -0.4 is 11.1 Å². The van der Waals surface area contributed by atoms with Gasteiger partial charge in [0.1, 0.15) is 6.04 Å². The van der Waals surface area contributed by atoms with Gasteiger partial charge in [-0.3, -0.25) is 9.59 Å². The molecule has 0 saturated heterocycles. The number of aliphatic carboxylic acids is 2. The van der Waals surface area contributed by atoms with Gasteiger partial charge in [-0.1, -0.05) is 0 Å². The van der Waals surface area contributed by atoms with Gasteiger partial charge in [-0.15, -0.1) is 0 Å². The monoisotopic (exact) mass is 262 g/mol. The Labute approximate surface area is 104 Å². The number of nitrogens with two attached hydrogens (primary N) is 1. The Hall–Kier alpha value is -1.67. The molecule has 0 rings (SSSR count). The van der Waals surface area contributed by atoms with Gasteiger partial charge in [0, 0.05) is 20.1 Å². The Balaban J connectivity index is 4.26. The number of methoxy groups -OCH3 is 1. The number of hydrogen-bond donors (Lipinski definition) is 4. The summed E-state index contributed by atoms with van der Waals surface area (Å²) in [6, 6.07) is -2.13. The Kier molecular flexibility index (Phi) is 7.64. The third-order valence-electron chi connectivity index (χ3n) is 2.23. The van der Waals surface area contributed by atoms with Crippen molar-refractivity contribution >= 4 is 17.8 Å². The maximum atomic E-state index is 11.5. The second kappa shape index (κ2) is 8.43. The minimum Gasteiger partial charge on any atom is -0.481 e. The molecule has 0 fully saturated rings. The van der Waals surface area contributed by atoms with Crippen LogP contribution in [0.1, 0.15) is 19.3 Å². The molecule has 0 spiro atoms. The Morgan fingerprint density at radius 1 is 1.28 bits per heavy atom. The highest BCUT2D eigenvalue weighted by molar-refractivity contribution is 5.87. The summed E-state index contributed by atoms with van der Waals surface area (Å²) in [5, 5.41) is 19.5. The maximum Gasteiger partial charge on any atom is 0.326 e. The number of hydrogen-bond acceptors (Lipinski definition) is 5. The largest absolute Gasteiger partial charge is 0.481 e. The highest BCUT2D eigenvalue weighted by Gasteiger charge is 2.23. The van der Waals surface area contributed by atoms with Crippen LogP contribution in [0, 0.1) is 0 Å². The molecular weight excluding hydrogens is 244 g/mol. The van der Waals surface area contributed by atoms with Crippen LogP contribution in [0.2, 0.25) is 0 Å². The summed E-state index contributed by atoms with van der Waals surface area (Å²) in [5.74, 6) is -3.05. The number of carbonyl (C=O) groups is 3. The van der Waals surface area contributed by atoms with E-state index in [0.29, 0.717) is 0 Å². The highest BCUT2D eigenvalue weighted by atomic mass is 16.5. The number of carboxylic acid groups (broad SMARTS) is 2. The summed E-state index contributed by atoms with van der Waals surface area (Å²) in [4.78, 5) is 32.7. The van der Waals surface area contributed by atoms with Crippen molar-refractivity contribution in [1.82, 2.24) is 5.32 Å². The third kappa shape index (κ3) is 6.81. The quantitative estimate of drug-likeness (QED) is 0.408.